The number of sulfonamides is 2. The number of hydrogen-bond acceptors (Lipinski definition) is 7. The Balaban J connectivity index is 1.52. The molecule has 0 spiro atoms. The molecule has 1 fully saturated rings. The number of hydrogen-bond donors (Lipinski definition) is 4. The quantitative estimate of drug-likeness (QED) is 0.301. The molecule has 11 nitrogen and oxygen atoms in total. The summed E-state index contributed by atoms with van der Waals surface area (Å²) in [4.78, 5) is 0.311. The summed E-state index contributed by atoms with van der Waals surface area (Å²) in [5.41, 5.74) is 6.46. The predicted molar refractivity (Wildman–Crippen MR) is 142 cm³/mol. The fourth-order valence-electron chi connectivity index (χ4n) is 3.03. The first kappa shape index (κ1) is 27.2. The summed E-state index contributed by atoms with van der Waals surface area (Å²) in [5, 5.41) is 6.13. The van der Waals surface area contributed by atoms with E-state index in [-0.39, 0.29) is 20.0 Å². The molecule has 0 saturated carbocycles. The van der Waals surface area contributed by atoms with Gasteiger partial charge in [-0.2, -0.15) is 4.31 Å². The molecular weight excluding hydrogens is 533 g/mol. The van der Waals surface area contributed by atoms with Crippen molar-refractivity contribution in [2.75, 3.05) is 51.0 Å². The molecule has 0 amide bonds. The average molecular weight is 559 g/mol. The van der Waals surface area contributed by atoms with Crippen molar-refractivity contribution in [3.63, 3.8) is 0 Å². The number of nitrogens with zero attached hydrogens (tertiary/aromatic N) is 2. The van der Waals surface area contributed by atoms with Crippen molar-refractivity contribution in [2.24, 2.45) is 0 Å². The summed E-state index contributed by atoms with van der Waals surface area (Å²) in [7, 11) is -4.24. The fraction of sp³-hybridized carbons (Fsp3) is 0.300. The molecule has 1 aliphatic rings. The van der Waals surface area contributed by atoms with E-state index >= 15 is 0 Å². The molecule has 0 bridgehead atoms. The molecule has 3 rings (SSSR count). The molecule has 4 N–H and O–H groups in total. The maximum Gasteiger partial charge on any atom is 0.243 e. The van der Waals surface area contributed by atoms with Gasteiger partial charge in [0.1, 0.15) is 0 Å². The van der Waals surface area contributed by atoms with Crippen molar-refractivity contribution in [2.45, 2.75) is 9.79 Å². The van der Waals surface area contributed by atoms with Gasteiger partial charge in [0.05, 0.1) is 23.0 Å². The van der Waals surface area contributed by atoms with E-state index in [1.54, 1.807) is 24.3 Å². The molecule has 0 aliphatic carbocycles. The van der Waals surface area contributed by atoms with Crippen molar-refractivity contribution in [3.05, 3.63) is 48.5 Å². The smallest absolute Gasteiger partial charge is 0.243 e. The lowest BCUT2D eigenvalue weighted by Gasteiger charge is -2.26. The number of rotatable bonds is 6. The third-order valence-electron chi connectivity index (χ3n) is 4.88. The standard InChI is InChI=1S/C20H26N6O5S4/c1-25(2)34(27,28)18-5-3-4-16(14-18)22-20(33)24-23-19(32)21-15-6-8-17(9-7-15)35(29,30)26-10-12-31-13-11-26/h3-9,14H,10-13H2,1-2H3,(H2,21,23,32)(H2,22,24,33). The van der Waals surface area contributed by atoms with Crippen LogP contribution < -0.4 is 21.5 Å². The Hall–Kier alpha value is -2.40. The van der Waals surface area contributed by atoms with Gasteiger partial charge in [0.2, 0.25) is 20.0 Å². The maximum absolute atomic E-state index is 12.7. The minimum atomic E-state index is -3.58. The molecule has 0 atom stereocenters. The summed E-state index contributed by atoms with van der Waals surface area (Å²) in [5.74, 6) is 0. The van der Waals surface area contributed by atoms with Crippen molar-refractivity contribution in [3.8, 4) is 0 Å². The fourth-order valence-corrected chi connectivity index (χ4v) is 5.72. The van der Waals surface area contributed by atoms with Crippen LogP contribution >= 0.6 is 24.4 Å². The highest BCUT2D eigenvalue weighted by Crippen LogP contribution is 2.20. The van der Waals surface area contributed by atoms with Gasteiger partial charge >= 0.3 is 0 Å². The summed E-state index contributed by atoms with van der Waals surface area (Å²) in [6, 6.07) is 12.4. The monoisotopic (exact) mass is 558 g/mol. The van der Waals surface area contributed by atoms with Crippen LogP contribution in [0.15, 0.2) is 58.3 Å². The zero-order valence-electron chi connectivity index (χ0n) is 19.0. The molecule has 0 aromatic heterocycles. The number of anilines is 2. The second-order valence-corrected chi connectivity index (χ2v) is 12.4. The Bertz CT molecular complexity index is 1280. The van der Waals surface area contributed by atoms with Crippen LogP contribution in [0.25, 0.3) is 0 Å². The summed E-state index contributed by atoms with van der Waals surface area (Å²) < 4.78 is 57.7. The van der Waals surface area contributed by atoms with Crippen LogP contribution in [0.5, 0.6) is 0 Å². The Kier molecular flexibility index (Phi) is 8.98. The molecule has 190 valence electrons. The van der Waals surface area contributed by atoms with Crippen LogP contribution in [0.2, 0.25) is 0 Å². The average Bonchev–Trinajstić information content (AvgIpc) is 2.84. The Morgan fingerprint density at radius 2 is 1.43 bits per heavy atom. The predicted octanol–water partition coefficient (Wildman–Crippen LogP) is 1.15. The molecule has 2 aromatic rings. The van der Waals surface area contributed by atoms with E-state index in [1.165, 1.54) is 42.7 Å². The maximum atomic E-state index is 12.7. The largest absolute Gasteiger partial charge is 0.379 e. The first-order valence-electron chi connectivity index (χ1n) is 10.3. The second kappa shape index (κ2) is 11.6. The molecule has 1 aliphatic heterocycles. The minimum Gasteiger partial charge on any atom is -0.379 e. The van der Waals surface area contributed by atoms with Crippen LogP contribution in [-0.4, -0.2) is 76.1 Å². The lowest BCUT2D eigenvalue weighted by atomic mass is 10.3. The van der Waals surface area contributed by atoms with Crippen LogP contribution in [-0.2, 0) is 24.8 Å². The topological polar surface area (TPSA) is 132 Å². The van der Waals surface area contributed by atoms with Gasteiger partial charge in [-0.25, -0.2) is 21.1 Å². The van der Waals surface area contributed by atoms with Gasteiger partial charge in [-0.3, -0.25) is 10.9 Å². The highest BCUT2D eigenvalue weighted by molar-refractivity contribution is 7.89. The molecule has 15 heteroatoms. The lowest BCUT2D eigenvalue weighted by molar-refractivity contribution is 0.0730. The molecule has 35 heavy (non-hydrogen) atoms. The van der Waals surface area contributed by atoms with Gasteiger partial charge in [-0.1, -0.05) is 6.07 Å². The minimum absolute atomic E-state index is 0.125. The highest BCUT2D eigenvalue weighted by atomic mass is 32.2. The summed E-state index contributed by atoms with van der Waals surface area (Å²) in [6.45, 7) is 1.41. The van der Waals surface area contributed by atoms with Gasteiger partial charge in [-0.15, -0.1) is 0 Å². The lowest BCUT2D eigenvalue weighted by Crippen LogP contribution is -2.45. The van der Waals surface area contributed by atoms with E-state index in [0.717, 1.165) is 4.31 Å². The SMILES string of the molecule is CN(C)S(=O)(=O)c1cccc(NC(=S)NNC(=S)Nc2ccc(S(=O)(=O)N3CCOCC3)cc2)c1. The van der Waals surface area contributed by atoms with Gasteiger partial charge in [0.25, 0.3) is 0 Å². The van der Waals surface area contributed by atoms with Crippen molar-refractivity contribution >= 4 is 66.1 Å². The van der Waals surface area contributed by atoms with E-state index in [4.69, 9.17) is 29.2 Å². The molecule has 0 unspecified atom stereocenters. The number of benzene rings is 2. The van der Waals surface area contributed by atoms with E-state index in [9.17, 15) is 16.8 Å². The van der Waals surface area contributed by atoms with Crippen LogP contribution in [0.3, 0.4) is 0 Å². The summed E-state index contributed by atoms with van der Waals surface area (Å²) >= 11 is 10.4. The highest BCUT2D eigenvalue weighted by Gasteiger charge is 2.26. The van der Waals surface area contributed by atoms with E-state index < -0.39 is 20.0 Å². The van der Waals surface area contributed by atoms with E-state index in [1.807, 2.05) is 0 Å². The van der Waals surface area contributed by atoms with Crippen molar-refractivity contribution in [1.29, 1.82) is 0 Å². The second-order valence-electron chi connectivity index (χ2n) is 7.51. The third kappa shape index (κ3) is 7.07. The first-order chi connectivity index (χ1) is 16.5. The molecule has 1 saturated heterocycles. The van der Waals surface area contributed by atoms with Crippen LogP contribution in [0.1, 0.15) is 0 Å². The zero-order chi connectivity index (χ0) is 25.6. The van der Waals surface area contributed by atoms with E-state index in [0.29, 0.717) is 37.7 Å². The van der Waals surface area contributed by atoms with Gasteiger partial charge in [-0.05, 0) is 66.9 Å². The van der Waals surface area contributed by atoms with Gasteiger partial charge in [0, 0.05) is 38.6 Å². The zero-order valence-corrected chi connectivity index (χ0v) is 22.3. The molecule has 2 aromatic carbocycles. The van der Waals surface area contributed by atoms with Crippen LogP contribution in [0, 0.1) is 0 Å². The first-order valence-corrected chi connectivity index (χ1v) is 14.0. The number of nitrogens with one attached hydrogen (secondary N) is 4. The number of ether oxygens (including phenoxy) is 1. The van der Waals surface area contributed by atoms with E-state index in [2.05, 4.69) is 21.5 Å². The normalized spacial score (nSPS) is 14.8. The Labute approximate surface area is 215 Å². The molecule has 0 radical (unpaired) electrons. The number of hydrazine groups is 1. The van der Waals surface area contributed by atoms with Gasteiger partial charge < -0.3 is 15.4 Å². The van der Waals surface area contributed by atoms with Gasteiger partial charge in [0.15, 0.2) is 10.2 Å². The summed E-state index contributed by atoms with van der Waals surface area (Å²) in [6.07, 6.45) is 0. The molecular formula is C20H26N6O5S4. The molecule has 1 heterocycles. The Morgan fingerprint density at radius 3 is 2.00 bits per heavy atom. The number of thiocarbonyl (C=S) groups is 2. The third-order valence-corrected chi connectivity index (χ3v) is 9.01. The number of morpholine rings is 1. The van der Waals surface area contributed by atoms with Crippen molar-refractivity contribution in [1.82, 2.24) is 19.5 Å². The Morgan fingerprint density at radius 1 is 0.857 bits per heavy atom. The van der Waals surface area contributed by atoms with Crippen molar-refractivity contribution < 1.29 is 21.6 Å². The van der Waals surface area contributed by atoms with Crippen LogP contribution in [0.4, 0.5) is 11.4 Å².